The van der Waals surface area contributed by atoms with E-state index in [1.807, 2.05) is 0 Å². The highest BCUT2D eigenvalue weighted by atomic mass is 32.1. The number of nitrogens with one attached hydrogen (secondary N) is 4. The van der Waals surface area contributed by atoms with Gasteiger partial charge in [0.2, 0.25) is 23.6 Å². The van der Waals surface area contributed by atoms with Gasteiger partial charge in [-0.25, -0.2) is 9.78 Å². The molecule has 15 heteroatoms. The van der Waals surface area contributed by atoms with Gasteiger partial charge >= 0.3 is 5.97 Å². The normalized spacial score (nSPS) is 13.9. The maximum absolute atomic E-state index is 13.2. The molecule has 0 saturated carbocycles. The predicted molar refractivity (Wildman–Crippen MR) is 138 cm³/mol. The minimum atomic E-state index is -1.41. The lowest BCUT2D eigenvalue weighted by molar-refractivity contribution is -0.142. The largest absolute Gasteiger partial charge is 0.508 e. The van der Waals surface area contributed by atoms with Crippen molar-refractivity contribution < 1.29 is 34.2 Å². The molecule has 0 radical (unpaired) electrons. The van der Waals surface area contributed by atoms with Crippen molar-refractivity contribution in [1.82, 2.24) is 25.9 Å². The maximum atomic E-state index is 13.2. The number of hydrogen-bond acceptors (Lipinski definition) is 9. The van der Waals surface area contributed by atoms with Crippen LogP contribution in [0, 0.1) is 0 Å². The van der Waals surface area contributed by atoms with Crippen LogP contribution in [-0.2, 0) is 36.8 Å². The lowest BCUT2D eigenvalue weighted by Gasteiger charge is -2.24. The summed E-state index contributed by atoms with van der Waals surface area (Å²) in [5.41, 5.74) is 12.2. The Hall–Kier alpha value is -4.11. The van der Waals surface area contributed by atoms with Gasteiger partial charge in [0.25, 0.3) is 0 Å². The number of carbonyl (C=O) groups is 5. The second-order valence-corrected chi connectivity index (χ2v) is 8.83. The van der Waals surface area contributed by atoms with Crippen molar-refractivity contribution in [1.29, 1.82) is 0 Å². The van der Waals surface area contributed by atoms with Crippen molar-refractivity contribution in [3.05, 3.63) is 48.0 Å². The summed E-state index contributed by atoms with van der Waals surface area (Å²) in [7, 11) is 0. The summed E-state index contributed by atoms with van der Waals surface area (Å²) in [6.45, 7) is 0. The molecule has 206 valence electrons. The lowest BCUT2D eigenvalue weighted by atomic mass is 10.0. The first-order valence-electron chi connectivity index (χ1n) is 11.5. The van der Waals surface area contributed by atoms with Crippen LogP contribution in [0.25, 0.3) is 0 Å². The minimum absolute atomic E-state index is 0.00803. The smallest absolute Gasteiger partial charge is 0.326 e. The molecule has 4 unspecified atom stereocenters. The monoisotopic (exact) mass is 549 g/mol. The molecule has 2 rings (SSSR count). The highest BCUT2D eigenvalue weighted by molar-refractivity contribution is 7.80. The van der Waals surface area contributed by atoms with Crippen LogP contribution in [-0.4, -0.2) is 79.7 Å². The summed E-state index contributed by atoms with van der Waals surface area (Å²) >= 11 is 4.08. The third-order valence-corrected chi connectivity index (χ3v) is 5.82. The average Bonchev–Trinajstić information content (AvgIpc) is 3.38. The first-order chi connectivity index (χ1) is 18.0. The van der Waals surface area contributed by atoms with Gasteiger partial charge in [0.05, 0.1) is 12.4 Å². The summed E-state index contributed by atoms with van der Waals surface area (Å²) in [4.78, 5) is 67.8. The molecule has 1 aromatic heterocycles. The van der Waals surface area contributed by atoms with E-state index in [4.69, 9.17) is 11.5 Å². The number of primary amides is 1. The number of hydrogen-bond donors (Lipinski definition) is 9. The number of H-pyrrole nitrogens is 1. The molecular weight excluding hydrogens is 518 g/mol. The molecule has 14 nitrogen and oxygen atoms in total. The minimum Gasteiger partial charge on any atom is -0.508 e. The van der Waals surface area contributed by atoms with Gasteiger partial charge in [0.15, 0.2) is 0 Å². The second-order valence-electron chi connectivity index (χ2n) is 8.47. The molecule has 2 aromatic rings. The first-order valence-corrected chi connectivity index (χ1v) is 12.2. The Morgan fingerprint density at radius 1 is 0.947 bits per heavy atom. The Labute approximate surface area is 223 Å². The highest BCUT2D eigenvalue weighted by Gasteiger charge is 2.30. The van der Waals surface area contributed by atoms with Crippen LogP contribution in [0.4, 0.5) is 0 Å². The van der Waals surface area contributed by atoms with Gasteiger partial charge in [-0.05, 0) is 24.1 Å². The number of phenolic OH excluding ortho intramolecular Hbond substituents is 1. The second kappa shape index (κ2) is 14.6. The predicted octanol–water partition coefficient (Wildman–Crippen LogP) is -2.04. The van der Waals surface area contributed by atoms with Gasteiger partial charge in [-0.3, -0.25) is 19.2 Å². The fourth-order valence-electron chi connectivity index (χ4n) is 3.36. The Morgan fingerprint density at radius 2 is 1.55 bits per heavy atom. The van der Waals surface area contributed by atoms with Crippen molar-refractivity contribution in [2.45, 2.75) is 49.9 Å². The van der Waals surface area contributed by atoms with Crippen molar-refractivity contribution in [2.75, 3.05) is 5.75 Å². The van der Waals surface area contributed by atoms with Crippen LogP contribution in [0.1, 0.15) is 24.1 Å². The van der Waals surface area contributed by atoms with E-state index in [9.17, 15) is 34.2 Å². The first kappa shape index (κ1) is 30.1. The zero-order valence-electron chi connectivity index (χ0n) is 20.3. The number of amides is 4. The molecule has 10 N–H and O–H groups in total. The number of rotatable bonds is 15. The van der Waals surface area contributed by atoms with Gasteiger partial charge in [-0.15, -0.1) is 0 Å². The number of carboxylic acid groups (broad SMARTS) is 1. The topological polar surface area (TPSA) is 243 Å². The molecular formula is C23H31N7O7S. The maximum Gasteiger partial charge on any atom is 0.326 e. The molecule has 1 heterocycles. The molecule has 4 atom stereocenters. The van der Waals surface area contributed by atoms with Crippen LogP contribution in [0.5, 0.6) is 5.75 Å². The molecule has 0 spiro atoms. The molecule has 0 bridgehead atoms. The van der Waals surface area contributed by atoms with Gasteiger partial charge in [0.1, 0.15) is 23.9 Å². The number of aromatic amines is 1. The number of aromatic nitrogens is 2. The zero-order valence-corrected chi connectivity index (χ0v) is 21.2. The molecule has 0 fully saturated rings. The molecule has 4 amide bonds. The van der Waals surface area contributed by atoms with E-state index in [0.717, 1.165) is 0 Å². The van der Waals surface area contributed by atoms with Crippen molar-refractivity contribution in [3.8, 4) is 5.75 Å². The fraction of sp³-hybridized carbons (Fsp3) is 0.391. The summed E-state index contributed by atoms with van der Waals surface area (Å²) in [5.74, 6) is -4.54. The zero-order chi connectivity index (χ0) is 28.2. The molecule has 38 heavy (non-hydrogen) atoms. The van der Waals surface area contributed by atoms with E-state index >= 15 is 0 Å². The number of aliphatic carboxylic acids is 1. The van der Waals surface area contributed by atoms with E-state index in [0.29, 0.717) is 11.3 Å². The number of phenols is 1. The molecule has 1 aromatic carbocycles. The van der Waals surface area contributed by atoms with Crippen LogP contribution < -0.4 is 27.4 Å². The average molecular weight is 550 g/mol. The Bertz CT molecular complexity index is 1110. The third-order valence-electron chi connectivity index (χ3n) is 5.45. The molecule has 0 saturated heterocycles. The number of thiol groups is 1. The van der Waals surface area contributed by atoms with E-state index in [1.54, 1.807) is 12.1 Å². The van der Waals surface area contributed by atoms with Crippen LogP contribution in [0.2, 0.25) is 0 Å². The SMILES string of the molecule is NC(=O)CCC(NC(=O)C(CS)NC(=O)C(Cc1ccc(O)cc1)NC(=O)C(N)Cc1cnc[nH]1)C(=O)O. The molecule has 0 aliphatic heterocycles. The summed E-state index contributed by atoms with van der Waals surface area (Å²) in [6.07, 6.45) is 2.56. The number of carboxylic acids is 1. The van der Waals surface area contributed by atoms with Crippen molar-refractivity contribution in [3.63, 3.8) is 0 Å². The number of benzene rings is 1. The summed E-state index contributed by atoms with van der Waals surface area (Å²) < 4.78 is 0. The van der Waals surface area contributed by atoms with Gasteiger partial charge in [-0.2, -0.15) is 12.6 Å². The lowest BCUT2D eigenvalue weighted by Crippen LogP contribution is -2.58. The summed E-state index contributed by atoms with van der Waals surface area (Å²) in [6, 6.07) is 1.07. The Balaban J connectivity index is 2.14. The van der Waals surface area contributed by atoms with Crippen LogP contribution >= 0.6 is 12.6 Å². The standard InChI is InChI=1S/C23H31N7O7S/c24-15(8-13-9-26-11-27-13)20(33)29-17(7-12-1-3-14(31)4-2-12)21(34)30-18(10-38)22(35)28-16(23(36)37)5-6-19(25)32/h1-4,9,11,15-18,31,38H,5-8,10,24H2,(H2,25,32)(H,26,27)(H,28,35)(H,29,33)(H,30,34)(H,36,37). The van der Waals surface area contributed by atoms with E-state index in [1.165, 1.54) is 24.7 Å². The van der Waals surface area contributed by atoms with E-state index in [2.05, 4.69) is 38.5 Å². The van der Waals surface area contributed by atoms with Gasteiger partial charge in [-0.1, -0.05) is 12.1 Å². The van der Waals surface area contributed by atoms with Gasteiger partial charge < -0.3 is 42.6 Å². The quantitative estimate of drug-likeness (QED) is 0.111. The number of nitrogens with two attached hydrogens (primary N) is 2. The number of nitrogens with zero attached hydrogens (tertiary/aromatic N) is 1. The van der Waals surface area contributed by atoms with Crippen LogP contribution in [0.15, 0.2) is 36.8 Å². The van der Waals surface area contributed by atoms with Crippen molar-refractivity contribution >= 4 is 42.2 Å². The van der Waals surface area contributed by atoms with E-state index in [-0.39, 0.29) is 37.2 Å². The van der Waals surface area contributed by atoms with E-state index < -0.39 is 53.8 Å². The Morgan fingerprint density at radius 3 is 2.11 bits per heavy atom. The Kier molecular flexibility index (Phi) is 11.6. The molecule has 0 aliphatic carbocycles. The van der Waals surface area contributed by atoms with Crippen molar-refractivity contribution in [2.24, 2.45) is 11.5 Å². The molecule has 0 aliphatic rings. The number of aromatic hydroxyl groups is 1. The fourth-order valence-corrected chi connectivity index (χ4v) is 3.62. The van der Waals surface area contributed by atoms with Gasteiger partial charge in [0, 0.05) is 36.9 Å². The summed E-state index contributed by atoms with van der Waals surface area (Å²) in [5, 5.41) is 26.2. The third kappa shape index (κ3) is 9.74. The number of carbonyl (C=O) groups excluding carboxylic acids is 4. The number of imidazole rings is 1. The van der Waals surface area contributed by atoms with Crippen LogP contribution in [0.3, 0.4) is 0 Å². The highest BCUT2D eigenvalue weighted by Crippen LogP contribution is 2.12.